The molecule has 2 N–H and O–H groups in total. The molecule has 0 aliphatic heterocycles. The fraction of sp³-hybridized carbons (Fsp3) is 0.647. The molecule has 0 aromatic heterocycles. The van der Waals surface area contributed by atoms with E-state index in [1.807, 2.05) is 0 Å². The zero-order valence-electron chi connectivity index (χ0n) is 12.1. The normalized spacial score (nSPS) is 26.0. The van der Waals surface area contributed by atoms with Gasteiger partial charge in [-0.15, -0.1) is 0 Å². The standard InChI is InChI=1S/C17H27N/c1-12-5-4-6-15(9-12)17(11-18)16-8-7-13(2)14(3)10-16/h7-8,10,12,15,17H,4-6,9,11,18H2,1-3H3. The van der Waals surface area contributed by atoms with Crippen molar-refractivity contribution in [2.75, 3.05) is 6.54 Å². The first-order valence-corrected chi connectivity index (χ1v) is 7.39. The summed E-state index contributed by atoms with van der Waals surface area (Å²) in [6, 6.07) is 6.89. The summed E-state index contributed by atoms with van der Waals surface area (Å²) in [4.78, 5) is 0. The van der Waals surface area contributed by atoms with Gasteiger partial charge in [-0.1, -0.05) is 38.0 Å². The van der Waals surface area contributed by atoms with Gasteiger partial charge in [-0.05, 0) is 67.7 Å². The summed E-state index contributed by atoms with van der Waals surface area (Å²) in [7, 11) is 0. The number of aryl methyl sites for hydroxylation is 2. The van der Waals surface area contributed by atoms with Gasteiger partial charge in [0.2, 0.25) is 0 Å². The molecule has 1 aromatic rings. The Morgan fingerprint density at radius 1 is 1.22 bits per heavy atom. The maximum Gasteiger partial charge on any atom is -0.000556 e. The zero-order chi connectivity index (χ0) is 13.1. The highest BCUT2D eigenvalue weighted by Gasteiger charge is 2.26. The van der Waals surface area contributed by atoms with Crippen LogP contribution in [0.25, 0.3) is 0 Å². The minimum Gasteiger partial charge on any atom is -0.330 e. The van der Waals surface area contributed by atoms with Gasteiger partial charge in [0, 0.05) is 0 Å². The van der Waals surface area contributed by atoms with Crippen LogP contribution in [0.4, 0.5) is 0 Å². The minimum atomic E-state index is 0.562. The molecule has 1 aliphatic carbocycles. The summed E-state index contributed by atoms with van der Waals surface area (Å²) in [6.07, 6.45) is 5.50. The third-order valence-corrected chi connectivity index (χ3v) is 4.76. The van der Waals surface area contributed by atoms with Gasteiger partial charge in [0.05, 0.1) is 0 Å². The molecule has 18 heavy (non-hydrogen) atoms. The summed E-state index contributed by atoms with van der Waals surface area (Å²) in [5, 5.41) is 0. The van der Waals surface area contributed by atoms with Crippen LogP contribution in [0, 0.1) is 25.7 Å². The summed E-state index contributed by atoms with van der Waals surface area (Å²) in [5.41, 5.74) is 10.3. The Morgan fingerprint density at radius 2 is 2.00 bits per heavy atom. The van der Waals surface area contributed by atoms with E-state index in [0.717, 1.165) is 18.4 Å². The maximum atomic E-state index is 6.07. The van der Waals surface area contributed by atoms with Gasteiger partial charge in [-0.2, -0.15) is 0 Å². The molecule has 1 aromatic carbocycles. The lowest BCUT2D eigenvalue weighted by Crippen LogP contribution is -2.26. The van der Waals surface area contributed by atoms with Crippen molar-refractivity contribution in [2.45, 2.75) is 52.4 Å². The van der Waals surface area contributed by atoms with Crippen molar-refractivity contribution in [3.8, 4) is 0 Å². The van der Waals surface area contributed by atoms with Gasteiger partial charge < -0.3 is 5.73 Å². The van der Waals surface area contributed by atoms with Crippen LogP contribution in [0.2, 0.25) is 0 Å². The lowest BCUT2D eigenvalue weighted by atomic mass is 9.73. The van der Waals surface area contributed by atoms with Crippen LogP contribution in [0.3, 0.4) is 0 Å². The van der Waals surface area contributed by atoms with Crippen LogP contribution >= 0.6 is 0 Å². The van der Waals surface area contributed by atoms with Gasteiger partial charge >= 0.3 is 0 Å². The predicted octanol–water partition coefficient (Wildman–Crippen LogP) is 4.17. The Bertz CT molecular complexity index is 397. The molecule has 1 aliphatic rings. The van der Waals surface area contributed by atoms with Crippen LogP contribution in [-0.4, -0.2) is 6.54 Å². The number of hydrogen-bond donors (Lipinski definition) is 1. The van der Waals surface area contributed by atoms with E-state index >= 15 is 0 Å². The van der Waals surface area contributed by atoms with Crippen molar-refractivity contribution < 1.29 is 0 Å². The molecule has 1 nitrogen and oxygen atoms in total. The smallest absolute Gasteiger partial charge is 0.000556 e. The highest BCUT2D eigenvalue weighted by Crippen LogP contribution is 2.38. The molecule has 1 fully saturated rings. The summed E-state index contributed by atoms with van der Waals surface area (Å²) in [5.74, 6) is 2.23. The Morgan fingerprint density at radius 3 is 2.61 bits per heavy atom. The van der Waals surface area contributed by atoms with Crippen LogP contribution in [-0.2, 0) is 0 Å². The predicted molar refractivity (Wildman–Crippen MR) is 78.8 cm³/mol. The van der Waals surface area contributed by atoms with E-state index in [-0.39, 0.29) is 0 Å². The molecule has 0 saturated heterocycles. The molecule has 2 rings (SSSR count). The summed E-state index contributed by atoms with van der Waals surface area (Å²) < 4.78 is 0. The van der Waals surface area contributed by atoms with Crippen molar-refractivity contribution in [3.63, 3.8) is 0 Å². The molecular formula is C17H27N. The van der Waals surface area contributed by atoms with Crippen LogP contribution in [0.5, 0.6) is 0 Å². The Hall–Kier alpha value is -0.820. The van der Waals surface area contributed by atoms with Crippen LogP contribution < -0.4 is 5.73 Å². The number of rotatable bonds is 3. The summed E-state index contributed by atoms with van der Waals surface area (Å²) >= 11 is 0. The topological polar surface area (TPSA) is 26.0 Å². The average molecular weight is 245 g/mol. The second kappa shape index (κ2) is 5.88. The quantitative estimate of drug-likeness (QED) is 0.849. The van der Waals surface area contributed by atoms with E-state index in [2.05, 4.69) is 39.0 Å². The monoisotopic (exact) mass is 245 g/mol. The largest absolute Gasteiger partial charge is 0.330 e. The molecule has 0 bridgehead atoms. The lowest BCUT2D eigenvalue weighted by molar-refractivity contribution is 0.248. The van der Waals surface area contributed by atoms with Gasteiger partial charge in [-0.25, -0.2) is 0 Å². The van der Waals surface area contributed by atoms with Gasteiger partial charge in [0.15, 0.2) is 0 Å². The average Bonchev–Trinajstić information content (AvgIpc) is 2.35. The number of hydrogen-bond acceptors (Lipinski definition) is 1. The molecule has 0 radical (unpaired) electrons. The van der Waals surface area contributed by atoms with E-state index in [4.69, 9.17) is 5.73 Å². The first kappa shape index (κ1) is 13.6. The second-order valence-corrected chi connectivity index (χ2v) is 6.22. The highest BCUT2D eigenvalue weighted by atomic mass is 14.6. The van der Waals surface area contributed by atoms with Gasteiger partial charge in [0.25, 0.3) is 0 Å². The Kier molecular flexibility index (Phi) is 4.45. The lowest BCUT2D eigenvalue weighted by Gasteiger charge is -2.33. The number of benzene rings is 1. The fourth-order valence-corrected chi connectivity index (χ4v) is 3.44. The third kappa shape index (κ3) is 2.95. The van der Waals surface area contributed by atoms with Crippen molar-refractivity contribution in [1.82, 2.24) is 0 Å². The second-order valence-electron chi connectivity index (χ2n) is 6.22. The third-order valence-electron chi connectivity index (χ3n) is 4.76. The van der Waals surface area contributed by atoms with Crippen LogP contribution in [0.1, 0.15) is 55.2 Å². The molecule has 1 saturated carbocycles. The molecule has 3 atom stereocenters. The van der Waals surface area contributed by atoms with E-state index in [9.17, 15) is 0 Å². The Labute approximate surface area is 112 Å². The summed E-state index contributed by atoms with van der Waals surface area (Å²) in [6.45, 7) is 7.56. The SMILES string of the molecule is Cc1ccc(C(CN)C2CCCC(C)C2)cc1C. The highest BCUT2D eigenvalue weighted by molar-refractivity contribution is 5.32. The van der Waals surface area contributed by atoms with Gasteiger partial charge in [-0.3, -0.25) is 0 Å². The number of nitrogens with two attached hydrogens (primary N) is 1. The first-order valence-electron chi connectivity index (χ1n) is 7.39. The van der Waals surface area contributed by atoms with Gasteiger partial charge in [0.1, 0.15) is 0 Å². The van der Waals surface area contributed by atoms with E-state index < -0.39 is 0 Å². The van der Waals surface area contributed by atoms with Crippen molar-refractivity contribution in [2.24, 2.45) is 17.6 Å². The molecule has 1 heteroatoms. The van der Waals surface area contributed by atoms with Crippen molar-refractivity contribution in [1.29, 1.82) is 0 Å². The molecule has 0 heterocycles. The molecule has 0 amide bonds. The van der Waals surface area contributed by atoms with E-state index in [0.29, 0.717) is 5.92 Å². The fourth-order valence-electron chi connectivity index (χ4n) is 3.44. The Balaban J connectivity index is 2.18. The van der Waals surface area contributed by atoms with Crippen LogP contribution in [0.15, 0.2) is 18.2 Å². The van der Waals surface area contributed by atoms with Crippen molar-refractivity contribution >= 4 is 0 Å². The zero-order valence-corrected chi connectivity index (χ0v) is 12.1. The van der Waals surface area contributed by atoms with Crippen molar-refractivity contribution in [3.05, 3.63) is 34.9 Å². The first-order chi connectivity index (χ1) is 8.61. The van der Waals surface area contributed by atoms with E-state index in [1.54, 1.807) is 0 Å². The molecule has 3 unspecified atom stereocenters. The molecule has 100 valence electrons. The molecule has 0 spiro atoms. The minimum absolute atomic E-state index is 0.562. The van der Waals surface area contributed by atoms with E-state index in [1.165, 1.54) is 42.4 Å². The maximum absolute atomic E-state index is 6.07. The molecular weight excluding hydrogens is 218 g/mol.